The maximum absolute atomic E-state index is 12.7. The average molecular weight is 432 g/mol. The Morgan fingerprint density at radius 2 is 1.90 bits per heavy atom. The van der Waals surface area contributed by atoms with Crippen LogP contribution in [0, 0.1) is 0 Å². The predicted molar refractivity (Wildman–Crippen MR) is 111 cm³/mol. The van der Waals surface area contributed by atoms with Crippen LogP contribution in [0.5, 0.6) is 0 Å². The van der Waals surface area contributed by atoms with Gasteiger partial charge < -0.3 is 11.1 Å². The van der Waals surface area contributed by atoms with E-state index in [0.717, 1.165) is 39.2 Å². The second kappa shape index (κ2) is 8.04. The molecule has 2 heterocycles. The van der Waals surface area contributed by atoms with E-state index < -0.39 is 11.7 Å². The summed E-state index contributed by atoms with van der Waals surface area (Å²) in [6, 6.07) is 10.7. The maximum atomic E-state index is 12.7. The van der Waals surface area contributed by atoms with E-state index in [4.69, 9.17) is 5.73 Å². The lowest BCUT2D eigenvalue weighted by Crippen LogP contribution is -2.34. The minimum atomic E-state index is -4.34. The van der Waals surface area contributed by atoms with Crippen molar-refractivity contribution in [3.8, 4) is 10.6 Å². The monoisotopic (exact) mass is 432 g/mol. The molecule has 0 amide bonds. The third-order valence-corrected chi connectivity index (χ3v) is 5.94. The Balaban J connectivity index is 1.38. The molecule has 10 heteroatoms. The first-order valence-electron chi connectivity index (χ1n) is 9.25. The largest absolute Gasteiger partial charge is 0.416 e. The van der Waals surface area contributed by atoms with Crippen molar-refractivity contribution in [3.05, 3.63) is 59.8 Å². The number of alkyl halides is 3. The molecule has 2 aromatic heterocycles. The van der Waals surface area contributed by atoms with Gasteiger partial charge in [-0.3, -0.25) is 5.10 Å². The van der Waals surface area contributed by atoms with Crippen LogP contribution in [0.2, 0.25) is 0 Å². The number of nitrogens with one attached hydrogen (secondary N) is 2. The van der Waals surface area contributed by atoms with Gasteiger partial charge in [-0.25, -0.2) is 0 Å². The molecule has 30 heavy (non-hydrogen) atoms. The number of anilines is 1. The van der Waals surface area contributed by atoms with Gasteiger partial charge in [0.2, 0.25) is 5.13 Å². The van der Waals surface area contributed by atoms with E-state index in [1.54, 1.807) is 6.20 Å². The lowest BCUT2D eigenvalue weighted by Gasteiger charge is -2.21. The standard InChI is InChI=1S/C20H19F3N6S/c1-11(12-2-5-15(6-3-12)20(21,22)23)16(24)10-25-19-29-28-18(30-19)13-4-7-17-14(8-13)9-26-27-17/h2-9,11,16H,10,24H2,1H3,(H,25,29)(H,26,27)/t11-,16+/m1/s1. The zero-order valence-corrected chi connectivity index (χ0v) is 16.8. The topological polar surface area (TPSA) is 92.5 Å². The second-order valence-electron chi connectivity index (χ2n) is 7.04. The van der Waals surface area contributed by atoms with Crippen LogP contribution in [-0.2, 0) is 6.18 Å². The molecule has 2 atom stereocenters. The molecule has 0 aliphatic carbocycles. The van der Waals surface area contributed by atoms with E-state index in [1.165, 1.54) is 23.5 Å². The van der Waals surface area contributed by atoms with Crippen molar-refractivity contribution in [3.63, 3.8) is 0 Å². The first-order chi connectivity index (χ1) is 14.3. The number of halogens is 3. The molecular formula is C20H19F3N6S. The van der Waals surface area contributed by atoms with E-state index >= 15 is 0 Å². The van der Waals surface area contributed by atoms with Crippen LogP contribution >= 0.6 is 11.3 Å². The summed E-state index contributed by atoms with van der Waals surface area (Å²) in [7, 11) is 0. The van der Waals surface area contributed by atoms with Crippen molar-refractivity contribution in [1.29, 1.82) is 0 Å². The molecule has 0 unspecified atom stereocenters. The number of fused-ring (bicyclic) bond motifs is 1. The second-order valence-corrected chi connectivity index (χ2v) is 8.02. The fourth-order valence-corrected chi connectivity index (χ4v) is 3.84. The third kappa shape index (κ3) is 4.29. The van der Waals surface area contributed by atoms with Gasteiger partial charge in [-0.15, -0.1) is 10.2 Å². The Hall–Kier alpha value is -2.98. The van der Waals surface area contributed by atoms with Gasteiger partial charge in [0.25, 0.3) is 0 Å². The molecule has 4 rings (SSSR count). The normalized spacial score (nSPS) is 14.0. The summed E-state index contributed by atoms with van der Waals surface area (Å²) in [6.07, 6.45) is -2.59. The van der Waals surface area contributed by atoms with E-state index in [0.29, 0.717) is 11.7 Å². The van der Waals surface area contributed by atoms with Crippen LogP contribution in [0.1, 0.15) is 24.0 Å². The number of nitrogens with zero attached hydrogens (tertiary/aromatic N) is 3. The van der Waals surface area contributed by atoms with Crippen molar-refractivity contribution < 1.29 is 13.2 Å². The van der Waals surface area contributed by atoms with E-state index in [9.17, 15) is 13.2 Å². The molecule has 0 bridgehead atoms. The first kappa shape index (κ1) is 20.3. The summed E-state index contributed by atoms with van der Waals surface area (Å²) in [4.78, 5) is 0. The molecule has 0 aliphatic rings. The van der Waals surface area contributed by atoms with Gasteiger partial charge in [-0.05, 0) is 41.8 Å². The smallest absolute Gasteiger partial charge is 0.358 e. The van der Waals surface area contributed by atoms with Crippen molar-refractivity contribution in [1.82, 2.24) is 20.4 Å². The van der Waals surface area contributed by atoms with Crippen molar-refractivity contribution in [2.75, 3.05) is 11.9 Å². The van der Waals surface area contributed by atoms with Crippen molar-refractivity contribution >= 4 is 27.4 Å². The van der Waals surface area contributed by atoms with Gasteiger partial charge in [-0.2, -0.15) is 18.3 Å². The van der Waals surface area contributed by atoms with Crippen LogP contribution in [0.25, 0.3) is 21.5 Å². The number of benzene rings is 2. The molecule has 156 valence electrons. The molecule has 0 fully saturated rings. The Morgan fingerprint density at radius 3 is 2.63 bits per heavy atom. The minimum absolute atomic E-state index is 0.129. The average Bonchev–Trinajstić information content (AvgIpc) is 3.39. The molecule has 0 saturated carbocycles. The number of aromatic amines is 1. The molecule has 0 spiro atoms. The SMILES string of the molecule is C[C@H](c1ccc(C(F)(F)F)cc1)[C@@H](N)CNc1nnc(-c2ccc3[nH]ncc3c2)s1. The summed E-state index contributed by atoms with van der Waals surface area (Å²) in [5, 5.41) is 20.9. The number of H-pyrrole nitrogens is 1. The first-order valence-corrected chi connectivity index (χ1v) is 10.1. The van der Waals surface area contributed by atoms with E-state index in [2.05, 4.69) is 25.7 Å². The Morgan fingerprint density at radius 1 is 1.13 bits per heavy atom. The zero-order chi connectivity index (χ0) is 21.3. The lowest BCUT2D eigenvalue weighted by atomic mass is 9.93. The Labute approximate surface area is 174 Å². The highest BCUT2D eigenvalue weighted by molar-refractivity contribution is 7.18. The van der Waals surface area contributed by atoms with Crippen molar-refractivity contribution in [2.24, 2.45) is 5.73 Å². The van der Waals surface area contributed by atoms with Gasteiger partial charge in [-0.1, -0.05) is 30.4 Å². The lowest BCUT2D eigenvalue weighted by molar-refractivity contribution is -0.137. The summed E-state index contributed by atoms with van der Waals surface area (Å²) in [5.74, 6) is -0.129. The van der Waals surface area contributed by atoms with Gasteiger partial charge in [0.15, 0.2) is 0 Å². The van der Waals surface area contributed by atoms with Gasteiger partial charge in [0.1, 0.15) is 5.01 Å². The van der Waals surface area contributed by atoms with Crippen LogP contribution in [0.4, 0.5) is 18.3 Å². The Bertz CT molecular complexity index is 1140. The molecule has 6 nitrogen and oxygen atoms in total. The van der Waals surface area contributed by atoms with E-state index in [-0.39, 0.29) is 12.0 Å². The van der Waals surface area contributed by atoms with Crippen LogP contribution < -0.4 is 11.1 Å². The quantitative estimate of drug-likeness (QED) is 0.413. The molecule has 0 radical (unpaired) electrons. The molecule has 4 N–H and O–H groups in total. The highest BCUT2D eigenvalue weighted by Gasteiger charge is 2.30. The fraction of sp³-hybridized carbons (Fsp3) is 0.250. The van der Waals surface area contributed by atoms with Gasteiger partial charge in [0, 0.05) is 23.5 Å². The van der Waals surface area contributed by atoms with Gasteiger partial charge in [0.05, 0.1) is 17.3 Å². The third-order valence-electron chi connectivity index (χ3n) is 5.01. The molecule has 0 saturated heterocycles. The van der Waals surface area contributed by atoms with Gasteiger partial charge >= 0.3 is 6.18 Å². The number of nitrogens with two attached hydrogens (primary N) is 1. The maximum Gasteiger partial charge on any atom is 0.416 e. The number of rotatable bonds is 6. The Kier molecular flexibility index (Phi) is 5.44. The molecule has 4 aromatic rings. The van der Waals surface area contributed by atoms with Crippen LogP contribution in [0.15, 0.2) is 48.7 Å². The molecule has 0 aliphatic heterocycles. The number of aromatic nitrogens is 4. The summed E-state index contributed by atoms with van der Waals surface area (Å²) in [6.45, 7) is 2.30. The minimum Gasteiger partial charge on any atom is -0.358 e. The summed E-state index contributed by atoms with van der Waals surface area (Å²) in [5.41, 5.74) is 8.23. The van der Waals surface area contributed by atoms with Crippen LogP contribution in [-0.4, -0.2) is 33.0 Å². The molecule has 2 aromatic carbocycles. The number of hydrogen-bond donors (Lipinski definition) is 3. The van der Waals surface area contributed by atoms with Crippen molar-refractivity contribution in [2.45, 2.75) is 25.1 Å². The highest BCUT2D eigenvalue weighted by Crippen LogP contribution is 2.31. The number of hydrogen-bond acceptors (Lipinski definition) is 6. The zero-order valence-electron chi connectivity index (χ0n) is 15.9. The highest BCUT2D eigenvalue weighted by atomic mass is 32.1. The van der Waals surface area contributed by atoms with Crippen LogP contribution in [0.3, 0.4) is 0 Å². The molecular weight excluding hydrogens is 413 g/mol. The van der Waals surface area contributed by atoms with E-state index in [1.807, 2.05) is 25.1 Å². The predicted octanol–water partition coefficient (Wildman–Crippen LogP) is 4.64. The fourth-order valence-electron chi connectivity index (χ4n) is 3.09. The summed E-state index contributed by atoms with van der Waals surface area (Å²) >= 11 is 1.41. The summed E-state index contributed by atoms with van der Waals surface area (Å²) < 4.78 is 38.2.